The maximum atomic E-state index is 12.1. The topological polar surface area (TPSA) is 54.9 Å². The zero-order valence-corrected chi connectivity index (χ0v) is 13.2. The minimum absolute atomic E-state index is 0.106. The second kappa shape index (κ2) is 7.56. The molecule has 0 aliphatic rings. The molecule has 114 valence electrons. The van der Waals surface area contributed by atoms with Crippen LogP contribution in [0, 0.1) is 0 Å². The van der Waals surface area contributed by atoms with Crippen molar-refractivity contribution in [2.45, 2.75) is 16.5 Å². The molecule has 0 saturated carbocycles. The fourth-order valence-electron chi connectivity index (χ4n) is 1.98. The number of nitrogens with zero attached hydrogens (tertiary/aromatic N) is 2. The van der Waals surface area contributed by atoms with Crippen LogP contribution in [0.2, 0.25) is 0 Å². The lowest BCUT2D eigenvalue weighted by molar-refractivity contribution is 0.0950. The predicted molar refractivity (Wildman–Crippen MR) is 90.2 cm³/mol. The first-order chi connectivity index (χ1) is 11.3. The van der Waals surface area contributed by atoms with Gasteiger partial charge in [0, 0.05) is 22.9 Å². The van der Waals surface area contributed by atoms with Gasteiger partial charge in [0.25, 0.3) is 5.91 Å². The van der Waals surface area contributed by atoms with Gasteiger partial charge in [0.2, 0.25) is 0 Å². The van der Waals surface area contributed by atoms with Crippen molar-refractivity contribution in [3.63, 3.8) is 0 Å². The zero-order valence-electron chi connectivity index (χ0n) is 12.3. The molecule has 0 radical (unpaired) electrons. The highest BCUT2D eigenvalue weighted by Crippen LogP contribution is 2.25. The minimum Gasteiger partial charge on any atom is -0.346 e. The molecule has 0 saturated heterocycles. The van der Waals surface area contributed by atoms with E-state index in [9.17, 15) is 4.79 Å². The Hall–Kier alpha value is -2.66. The molecule has 0 fully saturated rings. The molecule has 1 amide bonds. The van der Waals surface area contributed by atoms with Crippen LogP contribution in [0.25, 0.3) is 0 Å². The number of carbonyl (C=O) groups is 1. The van der Waals surface area contributed by atoms with Gasteiger partial charge < -0.3 is 5.32 Å². The molecular formula is C18H15N3OS. The molecule has 3 rings (SSSR count). The summed E-state index contributed by atoms with van der Waals surface area (Å²) < 4.78 is 0. The van der Waals surface area contributed by atoms with E-state index in [0.29, 0.717) is 12.1 Å². The lowest BCUT2D eigenvalue weighted by atomic mass is 10.2. The Kier molecular flexibility index (Phi) is 5.01. The first-order valence-corrected chi connectivity index (χ1v) is 8.00. The van der Waals surface area contributed by atoms with Gasteiger partial charge in [-0.1, -0.05) is 23.9 Å². The number of carbonyl (C=O) groups excluding carboxylic acids is 1. The molecule has 2 aromatic heterocycles. The van der Waals surface area contributed by atoms with E-state index in [0.717, 1.165) is 15.6 Å². The van der Waals surface area contributed by atoms with Crippen molar-refractivity contribution >= 4 is 17.7 Å². The number of rotatable bonds is 5. The van der Waals surface area contributed by atoms with Crippen LogP contribution in [0.15, 0.2) is 83.0 Å². The van der Waals surface area contributed by atoms with Crippen LogP contribution in [0.5, 0.6) is 0 Å². The molecule has 0 aliphatic carbocycles. The van der Waals surface area contributed by atoms with E-state index in [4.69, 9.17) is 0 Å². The SMILES string of the molecule is O=C(NCc1ccccn1)c1ccc(Sc2ccccn2)cc1. The Morgan fingerprint density at radius 2 is 1.65 bits per heavy atom. The second-order valence-corrected chi connectivity index (χ2v) is 5.89. The quantitative estimate of drug-likeness (QED) is 0.781. The van der Waals surface area contributed by atoms with Crippen LogP contribution < -0.4 is 5.32 Å². The van der Waals surface area contributed by atoms with E-state index in [-0.39, 0.29) is 5.91 Å². The van der Waals surface area contributed by atoms with Gasteiger partial charge in [0.1, 0.15) is 5.03 Å². The normalized spacial score (nSPS) is 10.3. The number of pyridine rings is 2. The number of aromatic nitrogens is 2. The number of hydrogen-bond acceptors (Lipinski definition) is 4. The summed E-state index contributed by atoms with van der Waals surface area (Å²) in [5, 5.41) is 3.79. The third-order valence-corrected chi connectivity index (χ3v) is 4.09. The van der Waals surface area contributed by atoms with Gasteiger partial charge in [-0.3, -0.25) is 9.78 Å². The maximum Gasteiger partial charge on any atom is 0.251 e. The molecule has 0 bridgehead atoms. The summed E-state index contributed by atoms with van der Waals surface area (Å²) in [4.78, 5) is 21.6. The Bertz CT molecular complexity index is 761. The second-order valence-electron chi connectivity index (χ2n) is 4.80. The van der Waals surface area contributed by atoms with Gasteiger partial charge in [-0.15, -0.1) is 0 Å². The van der Waals surface area contributed by atoms with E-state index in [2.05, 4.69) is 15.3 Å². The van der Waals surface area contributed by atoms with Crippen molar-refractivity contribution in [2.75, 3.05) is 0 Å². The molecule has 4 nitrogen and oxygen atoms in total. The van der Waals surface area contributed by atoms with Gasteiger partial charge in [0.15, 0.2) is 0 Å². The van der Waals surface area contributed by atoms with E-state index in [1.54, 1.807) is 24.2 Å². The minimum atomic E-state index is -0.106. The first kappa shape index (κ1) is 15.2. The van der Waals surface area contributed by atoms with Gasteiger partial charge in [-0.2, -0.15) is 0 Å². The summed E-state index contributed by atoms with van der Waals surface area (Å²) >= 11 is 1.57. The highest BCUT2D eigenvalue weighted by molar-refractivity contribution is 7.99. The number of amides is 1. The fraction of sp³-hybridized carbons (Fsp3) is 0.0556. The van der Waals surface area contributed by atoms with Crippen LogP contribution in [0.3, 0.4) is 0 Å². The van der Waals surface area contributed by atoms with Gasteiger partial charge in [-0.05, 0) is 48.5 Å². The van der Waals surface area contributed by atoms with Crippen LogP contribution in [-0.2, 0) is 6.54 Å². The molecule has 23 heavy (non-hydrogen) atoms. The van der Waals surface area contributed by atoms with Crippen molar-refractivity contribution in [3.8, 4) is 0 Å². The molecular weight excluding hydrogens is 306 g/mol. The van der Waals surface area contributed by atoms with Gasteiger partial charge in [-0.25, -0.2) is 4.98 Å². The lowest BCUT2D eigenvalue weighted by Crippen LogP contribution is -2.23. The van der Waals surface area contributed by atoms with Crippen molar-refractivity contribution in [3.05, 3.63) is 84.3 Å². The van der Waals surface area contributed by atoms with Crippen LogP contribution in [-0.4, -0.2) is 15.9 Å². The molecule has 3 aromatic rings. The number of benzene rings is 1. The average Bonchev–Trinajstić information content (AvgIpc) is 2.62. The molecule has 5 heteroatoms. The molecule has 0 spiro atoms. The summed E-state index contributed by atoms with van der Waals surface area (Å²) in [6, 6.07) is 18.9. The molecule has 0 atom stereocenters. The Labute approximate surface area is 139 Å². The highest BCUT2D eigenvalue weighted by atomic mass is 32.2. The molecule has 0 unspecified atom stereocenters. The van der Waals surface area contributed by atoms with Gasteiger partial charge in [0.05, 0.1) is 12.2 Å². The van der Waals surface area contributed by atoms with Crippen molar-refractivity contribution in [2.24, 2.45) is 0 Å². The largest absolute Gasteiger partial charge is 0.346 e. The molecule has 2 heterocycles. The fourth-order valence-corrected chi connectivity index (χ4v) is 2.75. The van der Waals surface area contributed by atoms with Crippen LogP contribution in [0.4, 0.5) is 0 Å². The first-order valence-electron chi connectivity index (χ1n) is 7.18. The standard InChI is InChI=1S/C18H15N3OS/c22-18(21-13-15-5-1-3-11-19-15)14-7-9-16(10-8-14)23-17-6-2-4-12-20-17/h1-12H,13H2,(H,21,22). The summed E-state index contributed by atoms with van der Waals surface area (Å²) in [5.74, 6) is -0.106. The maximum absolute atomic E-state index is 12.1. The molecule has 1 N–H and O–H groups in total. The van der Waals surface area contributed by atoms with Crippen LogP contribution >= 0.6 is 11.8 Å². The predicted octanol–water partition coefficient (Wildman–Crippen LogP) is 3.56. The van der Waals surface area contributed by atoms with Gasteiger partial charge >= 0.3 is 0 Å². The summed E-state index contributed by atoms with van der Waals surface area (Å²) in [6.45, 7) is 0.421. The third-order valence-electron chi connectivity index (χ3n) is 3.13. The number of hydrogen-bond donors (Lipinski definition) is 1. The van der Waals surface area contributed by atoms with E-state index < -0.39 is 0 Å². The Balaban J connectivity index is 1.59. The van der Waals surface area contributed by atoms with Crippen molar-refractivity contribution in [1.29, 1.82) is 0 Å². The third kappa shape index (κ3) is 4.40. The summed E-state index contributed by atoms with van der Waals surface area (Å²) in [7, 11) is 0. The summed E-state index contributed by atoms with van der Waals surface area (Å²) in [6.07, 6.45) is 3.48. The zero-order chi connectivity index (χ0) is 15.9. The molecule has 0 aliphatic heterocycles. The smallest absolute Gasteiger partial charge is 0.251 e. The van der Waals surface area contributed by atoms with E-state index >= 15 is 0 Å². The Morgan fingerprint density at radius 1 is 0.913 bits per heavy atom. The van der Waals surface area contributed by atoms with E-state index in [1.807, 2.05) is 60.7 Å². The van der Waals surface area contributed by atoms with E-state index in [1.165, 1.54) is 0 Å². The molecule has 1 aromatic carbocycles. The van der Waals surface area contributed by atoms with Crippen LogP contribution in [0.1, 0.15) is 16.1 Å². The Morgan fingerprint density at radius 3 is 2.30 bits per heavy atom. The average molecular weight is 321 g/mol. The summed E-state index contributed by atoms with van der Waals surface area (Å²) in [5.41, 5.74) is 1.47. The number of nitrogens with one attached hydrogen (secondary N) is 1. The monoisotopic (exact) mass is 321 g/mol. The lowest BCUT2D eigenvalue weighted by Gasteiger charge is -2.06. The highest BCUT2D eigenvalue weighted by Gasteiger charge is 2.06. The van der Waals surface area contributed by atoms with Crippen molar-refractivity contribution in [1.82, 2.24) is 15.3 Å². The van der Waals surface area contributed by atoms with Crippen molar-refractivity contribution < 1.29 is 4.79 Å².